The number of ether oxygens (including phenoxy) is 1. The van der Waals surface area contributed by atoms with E-state index in [1.807, 2.05) is 10.9 Å². The van der Waals surface area contributed by atoms with Crippen molar-refractivity contribution in [2.45, 2.75) is 26.8 Å². The fourth-order valence-electron chi connectivity index (χ4n) is 1.29. The largest absolute Gasteiger partial charge is 0.383 e. The molecule has 0 saturated carbocycles. The van der Waals surface area contributed by atoms with Crippen LogP contribution in [0.3, 0.4) is 0 Å². The van der Waals surface area contributed by atoms with Gasteiger partial charge in [-0.1, -0.05) is 13.8 Å². The number of aromatic nitrogens is 2. The lowest BCUT2D eigenvalue weighted by Gasteiger charge is -2.00. The summed E-state index contributed by atoms with van der Waals surface area (Å²) in [7, 11) is 1.71. The van der Waals surface area contributed by atoms with Gasteiger partial charge in [0.15, 0.2) is 0 Å². The van der Waals surface area contributed by atoms with Crippen LogP contribution < -0.4 is 0 Å². The molecule has 0 amide bonds. The molecule has 0 aliphatic carbocycles. The van der Waals surface area contributed by atoms with Gasteiger partial charge < -0.3 is 4.74 Å². The second-order valence-electron chi connectivity index (χ2n) is 3.70. The first-order chi connectivity index (χ1) is 6.22. The number of methoxy groups -OCH3 is 1. The summed E-state index contributed by atoms with van der Waals surface area (Å²) in [4.78, 5) is 0. The third kappa shape index (κ3) is 3.59. The molecule has 0 aromatic carbocycles. The third-order valence-electron chi connectivity index (χ3n) is 1.86. The molecule has 1 rings (SSSR count). The van der Waals surface area contributed by atoms with E-state index < -0.39 is 0 Å². The predicted molar refractivity (Wildman–Crippen MR) is 52.6 cm³/mol. The van der Waals surface area contributed by atoms with Crippen LogP contribution in [-0.4, -0.2) is 23.5 Å². The highest BCUT2D eigenvalue weighted by molar-refractivity contribution is 5.04. The zero-order chi connectivity index (χ0) is 9.68. The average molecular weight is 182 g/mol. The highest BCUT2D eigenvalue weighted by Crippen LogP contribution is 2.06. The molecule has 0 fully saturated rings. The van der Waals surface area contributed by atoms with Crippen molar-refractivity contribution >= 4 is 0 Å². The van der Waals surface area contributed by atoms with Crippen LogP contribution in [0, 0.1) is 5.92 Å². The highest BCUT2D eigenvalue weighted by atomic mass is 16.5. The van der Waals surface area contributed by atoms with Crippen molar-refractivity contribution in [3.63, 3.8) is 0 Å². The lowest BCUT2D eigenvalue weighted by molar-refractivity contribution is 0.183. The maximum Gasteiger partial charge on any atom is 0.0658 e. The smallest absolute Gasteiger partial charge is 0.0658 e. The fraction of sp³-hybridized carbons (Fsp3) is 0.700. The minimum absolute atomic E-state index is 0.695. The molecule has 0 unspecified atom stereocenters. The average Bonchev–Trinajstić information content (AvgIpc) is 2.48. The summed E-state index contributed by atoms with van der Waals surface area (Å²) in [6, 6.07) is 0. The Bertz CT molecular complexity index is 243. The number of hydrogen-bond donors (Lipinski definition) is 0. The molecule has 13 heavy (non-hydrogen) atoms. The monoisotopic (exact) mass is 182 g/mol. The fourth-order valence-corrected chi connectivity index (χ4v) is 1.29. The molecule has 1 aromatic rings. The van der Waals surface area contributed by atoms with Gasteiger partial charge in [0, 0.05) is 13.3 Å². The summed E-state index contributed by atoms with van der Waals surface area (Å²) in [6.07, 6.45) is 5.14. The summed E-state index contributed by atoms with van der Waals surface area (Å²) in [5.74, 6) is 0.695. The van der Waals surface area contributed by atoms with Crippen LogP contribution in [-0.2, 0) is 17.7 Å². The first kappa shape index (κ1) is 10.3. The third-order valence-corrected chi connectivity index (χ3v) is 1.86. The van der Waals surface area contributed by atoms with E-state index in [9.17, 15) is 0 Å². The second-order valence-corrected chi connectivity index (χ2v) is 3.70. The van der Waals surface area contributed by atoms with Crippen molar-refractivity contribution in [3.8, 4) is 0 Å². The molecule has 74 valence electrons. The maximum absolute atomic E-state index is 4.98. The molecule has 0 radical (unpaired) electrons. The van der Waals surface area contributed by atoms with E-state index in [1.54, 1.807) is 7.11 Å². The molecule has 1 aromatic heterocycles. The molecular formula is C10H18N2O. The van der Waals surface area contributed by atoms with E-state index in [4.69, 9.17) is 4.74 Å². The summed E-state index contributed by atoms with van der Waals surface area (Å²) >= 11 is 0. The molecule has 0 aliphatic heterocycles. The molecule has 0 bridgehead atoms. The molecule has 0 aliphatic rings. The normalized spacial score (nSPS) is 11.1. The van der Waals surface area contributed by atoms with Crippen LogP contribution in [0.25, 0.3) is 0 Å². The van der Waals surface area contributed by atoms with Crippen LogP contribution in [0.1, 0.15) is 19.4 Å². The quantitative estimate of drug-likeness (QED) is 0.693. The topological polar surface area (TPSA) is 27.1 Å². The van der Waals surface area contributed by atoms with E-state index in [-0.39, 0.29) is 0 Å². The number of nitrogens with zero attached hydrogens (tertiary/aromatic N) is 2. The van der Waals surface area contributed by atoms with Crippen LogP contribution in [0.4, 0.5) is 0 Å². The van der Waals surface area contributed by atoms with Crippen molar-refractivity contribution < 1.29 is 4.74 Å². The zero-order valence-electron chi connectivity index (χ0n) is 8.66. The van der Waals surface area contributed by atoms with E-state index in [0.717, 1.165) is 19.6 Å². The van der Waals surface area contributed by atoms with Gasteiger partial charge in [-0.2, -0.15) is 5.10 Å². The van der Waals surface area contributed by atoms with Crippen molar-refractivity contribution in [2.75, 3.05) is 13.7 Å². The lowest BCUT2D eigenvalue weighted by atomic mass is 10.1. The minimum Gasteiger partial charge on any atom is -0.383 e. The Kier molecular flexibility index (Phi) is 3.96. The van der Waals surface area contributed by atoms with Crippen molar-refractivity contribution in [3.05, 3.63) is 18.0 Å². The molecule has 1 heterocycles. The standard InChI is InChI=1S/C10H18N2O/c1-9(2)6-10-7-11-12(8-10)4-5-13-3/h7-9H,4-6H2,1-3H3. The summed E-state index contributed by atoms with van der Waals surface area (Å²) in [6.45, 7) is 6.00. The van der Waals surface area contributed by atoms with E-state index >= 15 is 0 Å². The van der Waals surface area contributed by atoms with Gasteiger partial charge in [0.05, 0.1) is 19.3 Å². The molecular weight excluding hydrogens is 164 g/mol. The lowest BCUT2D eigenvalue weighted by Crippen LogP contribution is -2.04. The summed E-state index contributed by atoms with van der Waals surface area (Å²) in [5, 5.41) is 4.24. The summed E-state index contributed by atoms with van der Waals surface area (Å²) < 4.78 is 6.91. The Balaban J connectivity index is 2.44. The van der Waals surface area contributed by atoms with Crippen molar-refractivity contribution in [2.24, 2.45) is 5.92 Å². The van der Waals surface area contributed by atoms with Gasteiger partial charge in [-0.3, -0.25) is 4.68 Å². The van der Waals surface area contributed by atoms with Crippen LogP contribution in [0.5, 0.6) is 0 Å². The van der Waals surface area contributed by atoms with E-state index in [2.05, 4.69) is 25.1 Å². The molecule has 0 saturated heterocycles. The highest BCUT2D eigenvalue weighted by Gasteiger charge is 2.00. The maximum atomic E-state index is 4.98. The Hall–Kier alpha value is -0.830. The first-order valence-electron chi connectivity index (χ1n) is 4.72. The molecule has 0 spiro atoms. The van der Waals surface area contributed by atoms with Crippen LogP contribution in [0.2, 0.25) is 0 Å². The van der Waals surface area contributed by atoms with Crippen LogP contribution >= 0.6 is 0 Å². The van der Waals surface area contributed by atoms with E-state index in [0.29, 0.717) is 5.92 Å². The molecule has 0 N–H and O–H groups in total. The molecule has 3 nitrogen and oxygen atoms in total. The summed E-state index contributed by atoms with van der Waals surface area (Å²) in [5.41, 5.74) is 1.31. The van der Waals surface area contributed by atoms with Gasteiger partial charge in [-0.15, -0.1) is 0 Å². The van der Waals surface area contributed by atoms with Crippen LogP contribution in [0.15, 0.2) is 12.4 Å². The first-order valence-corrected chi connectivity index (χ1v) is 4.72. The number of rotatable bonds is 5. The predicted octanol–water partition coefficient (Wildman–Crippen LogP) is 1.73. The van der Waals surface area contributed by atoms with Gasteiger partial charge >= 0.3 is 0 Å². The van der Waals surface area contributed by atoms with Crippen molar-refractivity contribution in [1.82, 2.24) is 9.78 Å². The second kappa shape index (κ2) is 5.02. The van der Waals surface area contributed by atoms with Gasteiger partial charge in [-0.05, 0) is 17.9 Å². The Morgan fingerprint density at radius 2 is 2.31 bits per heavy atom. The van der Waals surface area contributed by atoms with Gasteiger partial charge in [-0.25, -0.2) is 0 Å². The van der Waals surface area contributed by atoms with Crippen molar-refractivity contribution in [1.29, 1.82) is 0 Å². The number of hydrogen-bond acceptors (Lipinski definition) is 2. The van der Waals surface area contributed by atoms with Gasteiger partial charge in [0.2, 0.25) is 0 Å². The minimum atomic E-state index is 0.695. The van der Waals surface area contributed by atoms with Gasteiger partial charge in [0.25, 0.3) is 0 Å². The van der Waals surface area contributed by atoms with E-state index in [1.165, 1.54) is 5.56 Å². The van der Waals surface area contributed by atoms with Gasteiger partial charge in [0.1, 0.15) is 0 Å². The SMILES string of the molecule is COCCn1cc(CC(C)C)cn1. The Morgan fingerprint density at radius 1 is 1.54 bits per heavy atom. The zero-order valence-corrected chi connectivity index (χ0v) is 8.66. The molecule has 3 heteroatoms. The Morgan fingerprint density at radius 3 is 2.92 bits per heavy atom. The Labute approximate surface area is 79.7 Å². The molecule has 0 atom stereocenters.